The fourth-order valence-corrected chi connectivity index (χ4v) is 2.63. The molecule has 0 aliphatic rings. The Labute approximate surface area is 107 Å². The van der Waals surface area contributed by atoms with Crippen molar-refractivity contribution >= 4 is 34.7 Å². The van der Waals surface area contributed by atoms with Gasteiger partial charge in [0.15, 0.2) is 10.4 Å². The Morgan fingerprint density at radius 2 is 2.41 bits per heavy atom. The quantitative estimate of drug-likeness (QED) is 0.722. The summed E-state index contributed by atoms with van der Waals surface area (Å²) in [6.45, 7) is 2.77. The minimum absolute atomic E-state index is 0.704. The van der Waals surface area contributed by atoms with E-state index >= 15 is 0 Å². The van der Waals surface area contributed by atoms with Crippen LogP contribution in [0.2, 0.25) is 0 Å². The van der Waals surface area contributed by atoms with Crippen molar-refractivity contribution in [1.29, 1.82) is 0 Å². The number of aromatic amines is 1. The SMILES string of the molecule is Cc1ccnc2c1[nH]c(=S)n2Cc1cncs1. The largest absolute Gasteiger partial charge is 0.329 e. The third kappa shape index (κ3) is 1.79. The molecular formula is C11H10N4S2. The summed E-state index contributed by atoms with van der Waals surface area (Å²) < 4.78 is 2.71. The Hall–Kier alpha value is -1.53. The number of fused-ring (bicyclic) bond motifs is 1. The Kier molecular flexibility index (Phi) is 2.53. The molecule has 3 rings (SSSR count). The van der Waals surface area contributed by atoms with Crippen molar-refractivity contribution in [3.8, 4) is 0 Å². The lowest BCUT2D eigenvalue weighted by Gasteiger charge is -2.01. The maximum atomic E-state index is 5.34. The highest BCUT2D eigenvalue weighted by Crippen LogP contribution is 2.17. The summed E-state index contributed by atoms with van der Waals surface area (Å²) in [6, 6.07) is 1.98. The second-order valence-corrected chi connectivity index (χ2v) is 5.17. The molecule has 0 amide bonds. The Bertz CT molecular complexity index is 709. The van der Waals surface area contributed by atoms with Crippen LogP contribution in [-0.2, 0) is 6.54 Å². The number of nitrogens with one attached hydrogen (secondary N) is 1. The molecule has 17 heavy (non-hydrogen) atoms. The number of rotatable bonds is 2. The fourth-order valence-electron chi connectivity index (χ4n) is 1.80. The molecule has 4 nitrogen and oxygen atoms in total. The summed E-state index contributed by atoms with van der Waals surface area (Å²) in [5.74, 6) is 0. The van der Waals surface area contributed by atoms with Gasteiger partial charge in [0.25, 0.3) is 0 Å². The molecule has 0 bridgehead atoms. The van der Waals surface area contributed by atoms with Gasteiger partial charge in [0.1, 0.15) is 0 Å². The molecule has 86 valence electrons. The lowest BCUT2D eigenvalue weighted by molar-refractivity contribution is 0.811. The van der Waals surface area contributed by atoms with E-state index in [-0.39, 0.29) is 0 Å². The van der Waals surface area contributed by atoms with Crippen LogP contribution in [0.15, 0.2) is 24.0 Å². The van der Waals surface area contributed by atoms with Crippen LogP contribution in [-0.4, -0.2) is 19.5 Å². The normalized spacial score (nSPS) is 11.1. The van der Waals surface area contributed by atoms with Crippen molar-refractivity contribution < 1.29 is 0 Å². The Balaban J connectivity index is 2.19. The Morgan fingerprint density at radius 3 is 3.18 bits per heavy atom. The highest BCUT2D eigenvalue weighted by Gasteiger charge is 2.08. The minimum Gasteiger partial charge on any atom is -0.329 e. The van der Waals surface area contributed by atoms with E-state index in [4.69, 9.17) is 12.2 Å². The van der Waals surface area contributed by atoms with Crippen molar-refractivity contribution in [2.45, 2.75) is 13.5 Å². The molecule has 3 aromatic rings. The van der Waals surface area contributed by atoms with Gasteiger partial charge in [-0.15, -0.1) is 11.3 Å². The lowest BCUT2D eigenvalue weighted by atomic mass is 10.3. The van der Waals surface area contributed by atoms with Gasteiger partial charge in [-0.1, -0.05) is 0 Å². The third-order valence-electron chi connectivity index (χ3n) is 2.67. The number of aryl methyl sites for hydroxylation is 1. The summed E-state index contributed by atoms with van der Waals surface area (Å²) in [5.41, 5.74) is 4.90. The summed E-state index contributed by atoms with van der Waals surface area (Å²) in [4.78, 5) is 12.8. The maximum absolute atomic E-state index is 5.34. The van der Waals surface area contributed by atoms with E-state index in [1.807, 2.05) is 35.5 Å². The van der Waals surface area contributed by atoms with Crippen LogP contribution < -0.4 is 0 Å². The zero-order chi connectivity index (χ0) is 11.8. The first kappa shape index (κ1) is 10.6. The monoisotopic (exact) mass is 262 g/mol. The number of thiazole rings is 1. The van der Waals surface area contributed by atoms with E-state index < -0.39 is 0 Å². The first-order valence-electron chi connectivity index (χ1n) is 5.17. The van der Waals surface area contributed by atoms with Crippen LogP contribution in [0.3, 0.4) is 0 Å². The molecule has 0 aliphatic carbocycles. The number of H-pyrrole nitrogens is 1. The van der Waals surface area contributed by atoms with Crippen LogP contribution in [0.25, 0.3) is 11.2 Å². The topological polar surface area (TPSA) is 46.5 Å². The van der Waals surface area contributed by atoms with E-state index in [1.165, 1.54) is 4.88 Å². The van der Waals surface area contributed by atoms with Crippen LogP contribution >= 0.6 is 23.6 Å². The van der Waals surface area contributed by atoms with Gasteiger partial charge in [0, 0.05) is 17.3 Å². The first-order valence-corrected chi connectivity index (χ1v) is 6.46. The van der Waals surface area contributed by atoms with Gasteiger partial charge in [-0.25, -0.2) is 4.98 Å². The molecule has 0 radical (unpaired) electrons. The molecule has 3 heterocycles. The number of hydrogen-bond donors (Lipinski definition) is 1. The molecule has 0 unspecified atom stereocenters. The smallest absolute Gasteiger partial charge is 0.179 e. The molecule has 1 N–H and O–H groups in total. The third-order valence-corrected chi connectivity index (χ3v) is 3.76. The van der Waals surface area contributed by atoms with E-state index in [2.05, 4.69) is 15.0 Å². The summed E-state index contributed by atoms with van der Waals surface area (Å²) in [7, 11) is 0. The molecule has 0 saturated heterocycles. The van der Waals surface area contributed by atoms with Gasteiger partial charge in [-0.3, -0.25) is 9.55 Å². The maximum Gasteiger partial charge on any atom is 0.179 e. The molecule has 0 aliphatic heterocycles. The predicted molar refractivity (Wildman–Crippen MR) is 70.9 cm³/mol. The fraction of sp³-hybridized carbons (Fsp3) is 0.182. The van der Waals surface area contributed by atoms with Crippen LogP contribution in [0.4, 0.5) is 0 Å². The van der Waals surface area contributed by atoms with E-state index in [0.717, 1.165) is 23.3 Å². The number of pyridine rings is 1. The van der Waals surface area contributed by atoms with Gasteiger partial charge in [0.2, 0.25) is 0 Å². The van der Waals surface area contributed by atoms with E-state index in [9.17, 15) is 0 Å². The molecule has 0 spiro atoms. The highest BCUT2D eigenvalue weighted by atomic mass is 32.1. The molecule has 0 saturated carbocycles. The van der Waals surface area contributed by atoms with Crippen molar-refractivity contribution in [2.24, 2.45) is 0 Å². The predicted octanol–water partition coefficient (Wildman–Crippen LogP) is 2.91. The standard InChI is InChI=1S/C11H10N4S2/c1-7-2-3-13-10-9(7)14-11(16)15(10)5-8-4-12-6-17-8/h2-4,6H,5H2,1H3,(H,14,16). The molecule has 6 heteroatoms. The second kappa shape index (κ2) is 4.05. The average molecular weight is 262 g/mol. The van der Waals surface area contributed by atoms with Crippen molar-refractivity contribution in [1.82, 2.24) is 19.5 Å². The van der Waals surface area contributed by atoms with E-state index in [1.54, 1.807) is 11.3 Å². The van der Waals surface area contributed by atoms with Crippen LogP contribution in [0.1, 0.15) is 10.4 Å². The molecule has 0 fully saturated rings. The lowest BCUT2D eigenvalue weighted by Crippen LogP contribution is -1.99. The van der Waals surface area contributed by atoms with Gasteiger partial charge >= 0.3 is 0 Å². The minimum atomic E-state index is 0.704. The average Bonchev–Trinajstić information content (AvgIpc) is 2.91. The molecule has 0 aromatic carbocycles. The zero-order valence-corrected chi connectivity index (χ0v) is 10.8. The van der Waals surface area contributed by atoms with Gasteiger partial charge in [0.05, 0.1) is 17.6 Å². The van der Waals surface area contributed by atoms with Crippen molar-refractivity contribution in [2.75, 3.05) is 0 Å². The van der Waals surface area contributed by atoms with Crippen LogP contribution in [0, 0.1) is 11.7 Å². The van der Waals surface area contributed by atoms with Gasteiger partial charge in [-0.05, 0) is 30.8 Å². The van der Waals surface area contributed by atoms with Crippen molar-refractivity contribution in [3.05, 3.63) is 39.2 Å². The number of nitrogens with zero attached hydrogens (tertiary/aromatic N) is 3. The summed E-state index contributed by atoms with van der Waals surface area (Å²) in [5, 5.41) is 0. The molecular weight excluding hydrogens is 252 g/mol. The van der Waals surface area contributed by atoms with Crippen LogP contribution in [0.5, 0.6) is 0 Å². The number of hydrogen-bond acceptors (Lipinski definition) is 4. The number of aromatic nitrogens is 4. The first-order chi connectivity index (χ1) is 8.25. The molecule has 3 aromatic heterocycles. The Morgan fingerprint density at radius 1 is 1.53 bits per heavy atom. The zero-order valence-electron chi connectivity index (χ0n) is 9.17. The van der Waals surface area contributed by atoms with E-state index in [0.29, 0.717) is 4.77 Å². The van der Waals surface area contributed by atoms with Crippen molar-refractivity contribution in [3.63, 3.8) is 0 Å². The van der Waals surface area contributed by atoms with Gasteiger partial charge in [-0.2, -0.15) is 0 Å². The summed E-state index contributed by atoms with van der Waals surface area (Å²) >= 11 is 6.96. The highest BCUT2D eigenvalue weighted by molar-refractivity contribution is 7.71. The molecule has 0 atom stereocenters. The number of imidazole rings is 1. The summed E-state index contributed by atoms with van der Waals surface area (Å²) in [6.07, 6.45) is 3.67. The second-order valence-electron chi connectivity index (χ2n) is 3.81. The van der Waals surface area contributed by atoms with Gasteiger partial charge < -0.3 is 4.98 Å².